The van der Waals surface area contributed by atoms with E-state index in [1.165, 1.54) is 6.33 Å². The molecule has 2 rings (SSSR count). The molecule has 94 valence electrons. The molecule has 0 radical (unpaired) electrons. The third kappa shape index (κ3) is 3.40. The zero-order chi connectivity index (χ0) is 13.0. The fraction of sp³-hybridized carbons (Fsp3) is 0.250. The van der Waals surface area contributed by atoms with Crippen LogP contribution in [0.2, 0.25) is 0 Å². The topological polar surface area (TPSA) is 70.7 Å². The fourth-order valence-electron chi connectivity index (χ4n) is 1.57. The monoisotopic (exact) mass is 308 g/mol. The number of aromatic nitrogens is 3. The molecule has 1 atom stereocenters. The lowest BCUT2D eigenvalue weighted by molar-refractivity contribution is -0.121. The van der Waals surface area contributed by atoms with Gasteiger partial charge in [0.15, 0.2) is 0 Å². The quantitative estimate of drug-likeness (QED) is 0.907. The molecular weight excluding hydrogens is 296 g/mol. The number of halogens is 1. The lowest BCUT2D eigenvalue weighted by atomic mass is 10.1. The number of amides is 1. The molecule has 6 heteroatoms. The van der Waals surface area contributed by atoms with Crippen LogP contribution in [0, 0.1) is 0 Å². The molecule has 1 aromatic heterocycles. The van der Waals surface area contributed by atoms with E-state index in [2.05, 4.69) is 36.4 Å². The van der Waals surface area contributed by atoms with Crippen molar-refractivity contribution in [3.05, 3.63) is 46.5 Å². The fourth-order valence-corrected chi connectivity index (χ4v) is 1.84. The van der Waals surface area contributed by atoms with Gasteiger partial charge in [-0.15, -0.1) is 0 Å². The Morgan fingerprint density at radius 1 is 1.44 bits per heavy atom. The first-order valence-corrected chi connectivity index (χ1v) is 6.33. The van der Waals surface area contributed by atoms with E-state index in [4.69, 9.17) is 0 Å². The van der Waals surface area contributed by atoms with Gasteiger partial charge in [-0.1, -0.05) is 28.1 Å². The normalized spacial score (nSPS) is 12.1. The lowest BCUT2D eigenvalue weighted by Gasteiger charge is -2.10. The highest BCUT2D eigenvalue weighted by Crippen LogP contribution is 2.11. The number of nitrogens with one attached hydrogen (secondary N) is 2. The molecule has 0 saturated heterocycles. The Balaban J connectivity index is 1.91. The van der Waals surface area contributed by atoms with Crippen molar-refractivity contribution in [3.8, 4) is 0 Å². The van der Waals surface area contributed by atoms with Gasteiger partial charge in [0.05, 0.1) is 12.5 Å². The van der Waals surface area contributed by atoms with Crippen molar-refractivity contribution in [2.24, 2.45) is 0 Å². The van der Waals surface area contributed by atoms with E-state index in [1.54, 1.807) is 0 Å². The molecule has 2 aromatic rings. The van der Waals surface area contributed by atoms with Crippen molar-refractivity contribution >= 4 is 21.8 Å². The molecule has 2 N–H and O–H groups in total. The molecular formula is C12H13BrN4O. The highest BCUT2D eigenvalue weighted by atomic mass is 79.9. The molecule has 0 aliphatic rings. The van der Waals surface area contributed by atoms with Gasteiger partial charge in [-0.05, 0) is 24.6 Å². The van der Waals surface area contributed by atoms with Crippen LogP contribution in [0.25, 0.3) is 0 Å². The third-order valence-corrected chi connectivity index (χ3v) is 3.03. The Bertz CT molecular complexity index is 509. The van der Waals surface area contributed by atoms with Gasteiger partial charge in [0.1, 0.15) is 12.2 Å². The van der Waals surface area contributed by atoms with E-state index in [1.807, 2.05) is 31.2 Å². The highest BCUT2D eigenvalue weighted by molar-refractivity contribution is 9.10. The number of benzene rings is 1. The van der Waals surface area contributed by atoms with Crippen LogP contribution in [0.5, 0.6) is 0 Å². The van der Waals surface area contributed by atoms with Gasteiger partial charge in [-0.25, -0.2) is 4.98 Å². The van der Waals surface area contributed by atoms with Crippen LogP contribution < -0.4 is 5.32 Å². The van der Waals surface area contributed by atoms with Crippen LogP contribution in [0.1, 0.15) is 24.4 Å². The first-order chi connectivity index (χ1) is 8.65. The van der Waals surface area contributed by atoms with Crippen LogP contribution in [0.3, 0.4) is 0 Å². The van der Waals surface area contributed by atoms with Crippen molar-refractivity contribution in [2.75, 3.05) is 0 Å². The third-order valence-electron chi connectivity index (χ3n) is 2.50. The van der Waals surface area contributed by atoms with Crippen molar-refractivity contribution in [3.63, 3.8) is 0 Å². The molecule has 5 nitrogen and oxygen atoms in total. The number of hydrogen-bond donors (Lipinski definition) is 2. The van der Waals surface area contributed by atoms with E-state index in [9.17, 15) is 4.79 Å². The molecule has 0 bridgehead atoms. The number of hydrogen-bond acceptors (Lipinski definition) is 3. The maximum atomic E-state index is 11.8. The molecule has 0 fully saturated rings. The number of carbonyl (C=O) groups is 1. The Morgan fingerprint density at radius 3 is 2.78 bits per heavy atom. The standard InChI is InChI=1S/C12H13BrN4O/c1-8(12-14-7-15-17-12)16-11(18)6-9-2-4-10(13)5-3-9/h2-5,7-8H,6H2,1H3,(H,16,18)(H,14,15,17). The van der Waals surface area contributed by atoms with Crippen molar-refractivity contribution in [2.45, 2.75) is 19.4 Å². The number of H-pyrrole nitrogens is 1. The van der Waals surface area contributed by atoms with Gasteiger partial charge >= 0.3 is 0 Å². The summed E-state index contributed by atoms with van der Waals surface area (Å²) in [6.45, 7) is 1.86. The Morgan fingerprint density at radius 2 is 2.17 bits per heavy atom. The minimum absolute atomic E-state index is 0.0405. The van der Waals surface area contributed by atoms with Gasteiger partial charge in [-0.2, -0.15) is 5.10 Å². The van der Waals surface area contributed by atoms with Crippen LogP contribution in [-0.4, -0.2) is 21.1 Å². The number of carbonyl (C=O) groups excluding carboxylic acids is 1. The summed E-state index contributed by atoms with van der Waals surface area (Å²) >= 11 is 3.36. The molecule has 1 amide bonds. The highest BCUT2D eigenvalue weighted by Gasteiger charge is 2.11. The molecule has 1 heterocycles. The maximum Gasteiger partial charge on any atom is 0.224 e. The predicted molar refractivity (Wildman–Crippen MR) is 70.8 cm³/mol. The van der Waals surface area contributed by atoms with E-state index in [-0.39, 0.29) is 11.9 Å². The summed E-state index contributed by atoms with van der Waals surface area (Å²) in [7, 11) is 0. The lowest BCUT2D eigenvalue weighted by Crippen LogP contribution is -2.28. The average Bonchev–Trinajstić information content (AvgIpc) is 2.85. The van der Waals surface area contributed by atoms with Gasteiger partial charge in [0.25, 0.3) is 0 Å². The van der Waals surface area contributed by atoms with Gasteiger partial charge < -0.3 is 5.32 Å². The van der Waals surface area contributed by atoms with Crippen molar-refractivity contribution in [1.29, 1.82) is 0 Å². The van der Waals surface area contributed by atoms with Gasteiger partial charge in [0, 0.05) is 4.47 Å². The van der Waals surface area contributed by atoms with Gasteiger partial charge in [-0.3, -0.25) is 9.89 Å². The molecule has 18 heavy (non-hydrogen) atoms. The number of rotatable bonds is 4. The van der Waals surface area contributed by atoms with Crippen molar-refractivity contribution in [1.82, 2.24) is 20.5 Å². The van der Waals surface area contributed by atoms with E-state index in [0.717, 1.165) is 10.0 Å². The van der Waals surface area contributed by atoms with Crippen LogP contribution >= 0.6 is 15.9 Å². The summed E-state index contributed by atoms with van der Waals surface area (Å²) in [5, 5.41) is 9.34. The second-order valence-corrected chi connectivity index (χ2v) is 4.88. The molecule has 0 aliphatic heterocycles. The van der Waals surface area contributed by atoms with E-state index >= 15 is 0 Å². The molecule has 0 spiro atoms. The minimum atomic E-state index is -0.171. The van der Waals surface area contributed by atoms with Crippen LogP contribution in [0.15, 0.2) is 35.1 Å². The molecule has 0 saturated carbocycles. The van der Waals surface area contributed by atoms with E-state index < -0.39 is 0 Å². The average molecular weight is 309 g/mol. The zero-order valence-corrected chi connectivity index (χ0v) is 11.4. The Labute approximate surface area is 113 Å². The number of aromatic amines is 1. The molecule has 1 unspecified atom stereocenters. The largest absolute Gasteiger partial charge is 0.346 e. The smallest absolute Gasteiger partial charge is 0.224 e. The second-order valence-electron chi connectivity index (χ2n) is 3.96. The Kier molecular flexibility index (Phi) is 4.09. The summed E-state index contributed by atoms with van der Waals surface area (Å²) in [5.41, 5.74) is 0.973. The predicted octanol–water partition coefficient (Wildman–Crippen LogP) is 1.99. The number of nitrogens with zero attached hydrogens (tertiary/aromatic N) is 2. The van der Waals surface area contributed by atoms with Crippen LogP contribution in [-0.2, 0) is 11.2 Å². The Hall–Kier alpha value is -1.69. The van der Waals surface area contributed by atoms with Gasteiger partial charge in [0.2, 0.25) is 5.91 Å². The summed E-state index contributed by atoms with van der Waals surface area (Å²) in [4.78, 5) is 15.8. The summed E-state index contributed by atoms with van der Waals surface area (Å²) < 4.78 is 1.00. The zero-order valence-electron chi connectivity index (χ0n) is 9.85. The van der Waals surface area contributed by atoms with Crippen LogP contribution in [0.4, 0.5) is 0 Å². The summed E-state index contributed by atoms with van der Waals surface area (Å²) in [6.07, 6.45) is 1.78. The first kappa shape index (κ1) is 12.8. The second kappa shape index (κ2) is 5.77. The summed E-state index contributed by atoms with van der Waals surface area (Å²) in [6, 6.07) is 7.51. The first-order valence-electron chi connectivity index (χ1n) is 5.54. The maximum absolute atomic E-state index is 11.8. The SMILES string of the molecule is CC(NC(=O)Cc1ccc(Br)cc1)c1ncn[nH]1. The minimum Gasteiger partial charge on any atom is -0.346 e. The molecule has 1 aromatic carbocycles. The van der Waals surface area contributed by atoms with E-state index in [0.29, 0.717) is 12.2 Å². The van der Waals surface area contributed by atoms with Crippen molar-refractivity contribution < 1.29 is 4.79 Å². The summed E-state index contributed by atoms with van der Waals surface area (Å²) in [5.74, 6) is 0.611. The molecule has 0 aliphatic carbocycles.